The van der Waals surface area contributed by atoms with Gasteiger partial charge in [-0.05, 0) is 31.2 Å². The molecule has 0 amide bonds. The number of halogens is 2. The SMILES string of the molecule is CNC(c1cc(Br)ccc1F)C(C)CC(=O)O. The second kappa shape index (κ2) is 6.12. The van der Waals surface area contributed by atoms with Crippen molar-refractivity contribution in [2.24, 2.45) is 5.92 Å². The summed E-state index contributed by atoms with van der Waals surface area (Å²) >= 11 is 3.28. The van der Waals surface area contributed by atoms with Crippen molar-refractivity contribution in [3.05, 3.63) is 34.1 Å². The lowest BCUT2D eigenvalue weighted by Crippen LogP contribution is -2.26. The summed E-state index contributed by atoms with van der Waals surface area (Å²) in [5.74, 6) is -1.40. The monoisotopic (exact) mass is 303 g/mol. The van der Waals surface area contributed by atoms with Crippen LogP contribution in [-0.4, -0.2) is 18.1 Å². The summed E-state index contributed by atoms with van der Waals surface area (Å²) in [5, 5.41) is 11.7. The molecule has 0 heterocycles. The van der Waals surface area contributed by atoms with Gasteiger partial charge in [0.05, 0.1) is 0 Å². The fraction of sp³-hybridized carbons (Fsp3) is 0.417. The molecule has 0 radical (unpaired) electrons. The molecule has 0 aliphatic heterocycles. The van der Waals surface area contributed by atoms with E-state index in [1.165, 1.54) is 6.07 Å². The van der Waals surface area contributed by atoms with Gasteiger partial charge in [0.15, 0.2) is 0 Å². The van der Waals surface area contributed by atoms with Crippen LogP contribution in [0.2, 0.25) is 0 Å². The molecule has 0 saturated heterocycles. The van der Waals surface area contributed by atoms with Gasteiger partial charge in [0, 0.05) is 22.5 Å². The van der Waals surface area contributed by atoms with Crippen molar-refractivity contribution in [1.82, 2.24) is 5.32 Å². The Morgan fingerprint density at radius 3 is 2.76 bits per heavy atom. The highest BCUT2D eigenvalue weighted by molar-refractivity contribution is 9.10. The largest absolute Gasteiger partial charge is 0.481 e. The van der Waals surface area contributed by atoms with Gasteiger partial charge in [-0.1, -0.05) is 22.9 Å². The molecule has 2 unspecified atom stereocenters. The van der Waals surface area contributed by atoms with Crippen molar-refractivity contribution in [1.29, 1.82) is 0 Å². The van der Waals surface area contributed by atoms with E-state index in [4.69, 9.17) is 5.11 Å². The van der Waals surface area contributed by atoms with Crippen LogP contribution in [0.15, 0.2) is 22.7 Å². The normalized spacial score (nSPS) is 14.4. The average Bonchev–Trinajstić information content (AvgIpc) is 2.23. The van der Waals surface area contributed by atoms with E-state index in [0.29, 0.717) is 5.56 Å². The molecule has 3 nitrogen and oxygen atoms in total. The standard InChI is InChI=1S/C12H15BrFNO2/c1-7(5-11(16)17)12(15-2)9-6-8(13)3-4-10(9)14/h3-4,6-7,12,15H,5H2,1-2H3,(H,16,17). The first-order chi connectivity index (χ1) is 7.95. The van der Waals surface area contributed by atoms with Gasteiger partial charge in [-0.2, -0.15) is 0 Å². The van der Waals surface area contributed by atoms with E-state index in [-0.39, 0.29) is 24.2 Å². The fourth-order valence-corrected chi connectivity index (χ4v) is 2.27. The minimum absolute atomic E-state index is 0.00252. The molecule has 0 fully saturated rings. The molecule has 0 aromatic heterocycles. The summed E-state index contributed by atoms with van der Waals surface area (Å²) in [6.07, 6.45) is -0.00252. The number of carbonyl (C=O) groups is 1. The quantitative estimate of drug-likeness (QED) is 0.879. The Kier molecular flexibility index (Phi) is 5.08. The van der Waals surface area contributed by atoms with Gasteiger partial charge in [-0.15, -0.1) is 0 Å². The molecule has 0 aliphatic rings. The van der Waals surface area contributed by atoms with Crippen molar-refractivity contribution >= 4 is 21.9 Å². The average molecular weight is 304 g/mol. The molecule has 1 aromatic rings. The Bertz CT molecular complexity index is 411. The molecule has 94 valence electrons. The van der Waals surface area contributed by atoms with E-state index in [2.05, 4.69) is 21.2 Å². The highest BCUT2D eigenvalue weighted by atomic mass is 79.9. The molecule has 5 heteroatoms. The van der Waals surface area contributed by atoms with Crippen molar-refractivity contribution in [3.63, 3.8) is 0 Å². The Hall–Kier alpha value is -0.940. The number of rotatable bonds is 5. The predicted molar refractivity (Wildman–Crippen MR) is 67.3 cm³/mol. The van der Waals surface area contributed by atoms with Crippen molar-refractivity contribution in [2.75, 3.05) is 7.05 Å². The fourth-order valence-electron chi connectivity index (χ4n) is 1.89. The highest BCUT2D eigenvalue weighted by Gasteiger charge is 2.22. The third kappa shape index (κ3) is 3.78. The van der Waals surface area contributed by atoms with Crippen molar-refractivity contribution < 1.29 is 14.3 Å². The molecular formula is C12H15BrFNO2. The number of aliphatic carboxylic acids is 1. The zero-order chi connectivity index (χ0) is 13.0. The smallest absolute Gasteiger partial charge is 0.303 e. The molecule has 0 aliphatic carbocycles. The number of hydrogen-bond donors (Lipinski definition) is 2. The van der Waals surface area contributed by atoms with E-state index in [1.54, 1.807) is 26.1 Å². The third-order valence-electron chi connectivity index (χ3n) is 2.67. The van der Waals surface area contributed by atoms with Crippen molar-refractivity contribution in [2.45, 2.75) is 19.4 Å². The predicted octanol–water partition coefficient (Wildman–Crippen LogP) is 2.96. The van der Waals surface area contributed by atoms with Crippen LogP contribution in [0.3, 0.4) is 0 Å². The first-order valence-corrected chi connectivity index (χ1v) is 6.09. The maximum Gasteiger partial charge on any atom is 0.303 e. The Morgan fingerprint density at radius 1 is 1.59 bits per heavy atom. The maximum absolute atomic E-state index is 13.7. The van der Waals surface area contributed by atoms with E-state index in [0.717, 1.165) is 4.47 Å². The Labute approximate surface area is 108 Å². The van der Waals surface area contributed by atoms with Gasteiger partial charge in [0.2, 0.25) is 0 Å². The van der Waals surface area contributed by atoms with E-state index in [9.17, 15) is 9.18 Å². The number of hydrogen-bond acceptors (Lipinski definition) is 2. The number of nitrogens with one attached hydrogen (secondary N) is 1. The van der Waals surface area contributed by atoms with E-state index in [1.807, 2.05) is 0 Å². The summed E-state index contributed by atoms with van der Waals surface area (Å²) in [5.41, 5.74) is 0.482. The summed E-state index contributed by atoms with van der Waals surface area (Å²) in [6.45, 7) is 1.79. The topological polar surface area (TPSA) is 49.3 Å². The van der Waals surface area contributed by atoms with Crippen molar-refractivity contribution in [3.8, 4) is 0 Å². The summed E-state index contributed by atoms with van der Waals surface area (Å²) in [6, 6.07) is 4.35. The summed E-state index contributed by atoms with van der Waals surface area (Å²) < 4.78 is 14.5. The minimum atomic E-state index is -0.881. The molecular weight excluding hydrogens is 289 g/mol. The lowest BCUT2D eigenvalue weighted by Gasteiger charge is -2.23. The van der Waals surface area contributed by atoms with Crippen LogP contribution in [0.1, 0.15) is 24.9 Å². The lowest BCUT2D eigenvalue weighted by atomic mass is 9.92. The van der Waals surface area contributed by atoms with Gasteiger partial charge in [0.25, 0.3) is 0 Å². The number of benzene rings is 1. The molecule has 1 aromatic carbocycles. The van der Waals surface area contributed by atoms with Crippen LogP contribution < -0.4 is 5.32 Å². The summed E-state index contributed by atoms with van der Waals surface area (Å²) in [7, 11) is 1.70. The number of carboxylic acids is 1. The first-order valence-electron chi connectivity index (χ1n) is 5.29. The van der Waals surface area contributed by atoms with Crippen LogP contribution in [0.5, 0.6) is 0 Å². The van der Waals surface area contributed by atoms with Gasteiger partial charge >= 0.3 is 5.97 Å². The minimum Gasteiger partial charge on any atom is -0.481 e. The lowest BCUT2D eigenvalue weighted by molar-refractivity contribution is -0.138. The molecule has 17 heavy (non-hydrogen) atoms. The van der Waals surface area contributed by atoms with Gasteiger partial charge in [0.1, 0.15) is 5.82 Å². The van der Waals surface area contributed by atoms with Crippen LogP contribution >= 0.6 is 15.9 Å². The second-order valence-electron chi connectivity index (χ2n) is 4.01. The highest BCUT2D eigenvalue weighted by Crippen LogP contribution is 2.28. The van der Waals surface area contributed by atoms with Crippen LogP contribution in [-0.2, 0) is 4.79 Å². The van der Waals surface area contributed by atoms with Crippen LogP contribution in [0, 0.1) is 11.7 Å². The maximum atomic E-state index is 13.7. The zero-order valence-corrected chi connectivity index (χ0v) is 11.3. The van der Waals surface area contributed by atoms with Gasteiger partial charge in [-0.25, -0.2) is 4.39 Å². The number of carboxylic acid groups (broad SMARTS) is 1. The molecule has 2 atom stereocenters. The third-order valence-corrected chi connectivity index (χ3v) is 3.16. The Morgan fingerprint density at radius 2 is 2.24 bits per heavy atom. The summed E-state index contributed by atoms with van der Waals surface area (Å²) in [4.78, 5) is 10.7. The first kappa shape index (κ1) is 14.1. The molecule has 0 saturated carbocycles. The van der Waals surface area contributed by atoms with Crippen LogP contribution in [0.25, 0.3) is 0 Å². The van der Waals surface area contributed by atoms with Gasteiger partial charge < -0.3 is 10.4 Å². The molecule has 2 N–H and O–H groups in total. The van der Waals surface area contributed by atoms with Gasteiger partial charge in [-0.3, -0.25) is 4.79 Å². The molecule has 0 spiro atoms. The second-order valence-corrected chi connectivity index (χ2v) is 4.92. The van der Waals surface area contributed by atoms with E-state index >= 15 is 0 Å². The van der Waals surface area contributed by atoms with E-state index < -0.39 is 5.97 Å². The van der Waals surface area contributed by atoms with Crippen LogP contribution in [0.4, 0.5) is 4.39 Å². The molecule has 1 rings (SSSR count). The molecule has 0 bridgehead atoms. The Balaban J connectivity index is 3.00. The zero-order valence-electron chi connectivity index (χ0n) is 9.71.